The fraction of sp³-hybridized carbons (Fsp3) is 0.545. The van der Waals surface area contributed by atoms with E-state index in [0.717, 1.165) is 0 Å². The molecule has 0 aliphatic carbocycles. The van der Waals surface area contributed by atoms with Gasteiger partial charge in [0, 0.05) is 25.2 Å². The molecule has 0 aromatic carbocycles. The summed E-state index contributed by atoms with van der Waals surface area (Å²) in [5.41, 5.74) is 0.674. The van der Waals surface area contributed by atoms with E-state index in [1.54, 1.807) is 17.1 Å². The molecule has 1 unspecified atom stereocenters. The first-order chi connectivity index (χ1) is 7.99. The maximum atomic E-state index is 11.7. The predicted octanol–water partition coefficient (Wildman–Crippen LogP) is 0.902. The number of hydrogen-bond acceptors (Lipinski definition) is 3. The van der Waals surface area contributed by atoms with Gasteiger partial charge < -0.3 is 10.0 Å². The third-order valence-electron chi connectivity index (χ3n) is 2.90. The molecule has 1 aromatic heterocycles. The number of nitrogens with zero attached hydrogens (tertiary/aromatic N) is 3. The molecule has 2 rings (SSSR count). The van der Waals surface area contributed by atoms with Crippen LogP contribution in [0.1, 0.15) is 26.3 Å². The number of hydrogen-bond donors (Lipinski definition) is 1. The van der Waals surface area contributed by atoms with E-state index in [1.165, 1.54) is 4.90 Å². The van der Waals surface area contributed by atoms with Crippen molar-refractivity contribution in [2.24, 2.45) is 5.92 Å². The molecule has 1 fully saturated rings. The smallest absolute Gasteiger partial charge is 0.308 e. The third-order valence-corrected chi connectivity index (χ3v) is 2.90. The highest BCUT2D eigenvalue weighted by Gasteiger charge is 2.35. The summed E-state index contributed by atoms with van der Waals surface area (Å²) in [7, 11) is 0. The van der Waals surface area contributed by atoms with Crippen LogP contribution in [-0.4, -0.2) is 33.3 Å². The van der Waals surface area contributed by atoms with Gasteiger partial charge in [-0.15, -0.1) is 0 Å². The molecule has 1 atom stereocenters. The van der Waals surface area contributed by atoms with Crippen LogP contribution in [0.3, 0.4) is 0 Å². The zero-order chi connectivity index (χ0) is 12.6. The van der Waals surface area contributed by atoms with Crippen LogP contribution in [0, 0.1) is 5.92 Å². The Labute approximate surface area is 98.8 Å². The van der Waals surface area contributed by atoms with Crippen molar-refractivity contribution in [3.05, 3.63) is 12.4 Å². The Morgan fingerprint density at radius 3 is 2.76 bits per heavy atom. The quantitative estimate of drug-likeness (QED) is 0.847. The molecule has 0 radical (unpaired) electrons. The number of rotatable bonds is 3. The maximum absolute atomic E-state index is 11.7. The Balaban J connectivity index is 2.17. The minimum absolute atomic E-state index is 0.0716. The average Bonchev–Trinajstić information content (AvgIpc) is 2.83. The van der Waals surface area contributed by atoms with Crippen LogP contribution in [0.15, 0.2) is 12.4 Å². The van der Waals surface area contributed by atoms with E-state index in [9.17, 15) is 9.59 Å². The highest BCUT2D eigenvalue weighted by atomic mass is 16.4. The lowest BCUT2D eigenvalue weighted by Crippen LogP contribution is -2.25. The Morgan fingerprint density at radius 2 is 2.29 bits per heavy atom. The van der Waals surface area contributed by atoms with E-state index in [2.05, 4.69) is 5.10 Å². The monoisotopic (exact) mass is 237 g/mol. The van der Waals surface area contributed by atoms with E-state index in [1.807, 2.05) is 13.8 Å². The second kappa shape index (κ2) is 4.20. The molecule has 0 spiro atoms. The molecular weight excluding hydrogens is 222 g/mol. The van der Waals surface area contributed by atoms with Crippen LogP contribution in [0.5, 0.6) is 0 Å². The van der Waals surface area contributed by atoms with E-state index >= 15 is 0 Å². The van der Waals surface area contributed by atoms with E-state index in [-0.39, 0.29) is 24.9 Å². The summed E-state index contributed by atoms with van der Waals surface area (Å²) in [6.45, 7) is 4.21. The summed E-state index contributed by atoms with van der Waals surface area (Å²) >= 11 is 0. The molecule has 0 bridgehead atoms. The van der Waals surface area contributed by atoms with Crippen LogP contribution >= 0.6 is 0 Å². The minimum atomic E-state index is -0.919. The topological polar surface area (TPSA) is 75.4 Å². The molecule has 2 heterocycles. The lowest BCUT2D eigenvalue weighted by Gasteiger charge is -2.13. The van der Waals surface area contributed by atoms with Crippen molar-refractivity contribution in [2.45, 2.75) is 26.3 Å². The Kier molecular flexibility index (Phi) is 2.87. The second-order valence-electron chi connectivity index (χ2n) is 4.52. The SMILES string of the molecule is CC(C)n1cc(N2CC(C(=O)O)CC2=O)cn1. The van der Waals surface area contributed by atoms with Gasteiger partial charge in [-0.3, -0.25) is 14.3 Å². The second-order valence-corrected chi connectivity index (χ2v) is 4.52. The first-order valence-electron chi connectivity index (χ1n) is 5.56. The number of aliphatic carboxylic acids is 1. The molecule has 1 amide bonds. The summed E-state index contributed by atoms with van der Waals surface area (Å²) in [6.07, 6.45) is 3.44. The van der Waals surface area contributed by atoms with Crippen molar-refractivity contribution in [1.29, 1.82) is 0 Å². The van der Waals surface area contributed by atoms with Gasteiger partial charge in [0.15, 0.2) is 0 Å². The van der Waals surface area contributed by atoms with Gasteiger partial charge in [0.1, 0.15) is 0 Å². The van der Waals surface area contributed by atoms with Gasteiger partial charge >= 0.3 is 5.97 Å². The molecule has 6 heteroatoms. The zero-order valence-corrected chi connectivity index (χ0v) is 9.83. The Hall–Kier alpha value is -1.85. The van der Waals surface area contributed by atoms with Crippen LogP contribution in [0.25, 0.3) is 0 Å². The van der Waals surface area contributed by atoms with Crippen molar-refractivity contribution in [3.63, 3.8) is 0 Å². The van der Waals surface area contributed by atoms with Crippen molar-refractivity contribution in [3.8, 4) is 0 Å². The van der Waals surface area contributed by atoms with Gasteiger partial charge in [-0.05, 0) is 13.8 Å². The Bertz CT molecular complexity index is 453. The molecular formula is C11H15N3O3. The van der Waals surface area contributed by atoms with Gasteiger partial charge in [-0.25, -0.2) is 0 Å². The summed E-state index contributed by atoms with van der Waals surface area (Å²) in [5, 5.41) is 13.0. The maximum Gasteiger partial charge on any atom is 0.308 e. The molecule has 1 aromatic rings. The van der Waals surface area contributed by atoms with Gasteiger partial charge in [0.05, 0.1) is 17.8 Å². The average molecular weight is 237 g/mol. The Morgan fingerprint density at radius 1 is 1.59 bits per heavy atom. The number of amides is 1. The van der Waals surface area contributed by atoms with Gasteiger partial charge in [-0.2, -0.15) is 5.10 Å². The molecule has 1 aliphatic heterocycles. The van der Waals surface area contributed by atoms with E-state index < -0.39 is 11.9 Å². The number of aromatic nitrogens is 2. The molecule has 6 nitrogen and oxygen atoms in total. The van der Waals surface area contributed by atoms with Crippen LogP contribution in [0.4, 0.5) is 5.69 Å². The van der Waals surface area contributed by atoms with Crippen molar-refractivity contribution in [1.82, 2.24) is 9.78 Å². The summed E-state index contributed by atoms with van der Waals surface area (Å²) in [4.78, 5) is 24.0. The number of carbonyl (C=O) groups excluding carboxylic acids is 1. The number of carboxylic acids is 1. The fourth-order valence-electron chi connectivity index (χ4n) is 1.87. The van der Waals surface area contributed by atoms with Crippen LogP contribution in [0.2, 0.25) is 0 Å². The zero-order valence-electron chi connectivity index (χ0n) is 9.83. The summed E-state index contributed by atoms with van der Waals surface area (Å²) in [6, 6.07) is 0.219. The van der Waals surface area contributed by atoms with Crippen molar-refractivity contribution >= 4 is 17.6 Å². The largest absolute Gasteiger partial charge is 0.481 e. The van der Waals surface area contributed by atoms with Crippen LogP contribution in [-0.2, 0) is 9.59 Å². The van der Waals surface area contributed by atoms with E-state index in [4.69, 9.17) is 5.11 Å². The van der Waals surface area contributed by atoms with Gasteiger partial charge in [-0.1, -0.05) is 0 Å². The normalized spacial score (nSPS) is 20.3. The molecule has 1 N–H and O–H groups in total. The van der Waals surface area contributed by atoms with Gasteiger partial charge in [0.2, 0.25) is 5.91 Å². The molecule has 17 heavy (non-hydrogen) atoms. The molecule has 1 saturated heterocycles. The van der Waals surface area contributed by atoms with Crippen molar-refractivity contribution < 1.29 is 14.7 Å². The van der Waals surface area contributed by atoms with Crippen LogP contribution < -0.4 is 4.90 Å². The van der Waals surface area contributed by atoms with Gasteiger partial charge in [0.25, 0.3) is 0 Å². The summed E-state index contributed by atoms with van der Waals surface area (Å²) in [5.74, 6) is -1.68. The molecule has 0 saturated carbocycles. The highest BCUT2D eigenvalue weighted by Crippen LogP contribution is 2.25. The molecule has 92 valence electrons. The minimum Gasteiger partial charge on any atom is -0.481 e. The lowest BCUT2D eigenvalue weighted by molar-refractivity contribution is -0.141. The number of carbonyl (C=O) groups is 2. The fourth-order valence-corrected chi connectivity index (χ4v) is 1.87. The number of anilines is 1. The summed E-state index contributed by atoms with van der Waals surface area (Å²) < 4.78 is 1.75. The number of carboxylic acid groups (broad SMARTS) is 1. The first kappa shape index (κ1) is 11.6. The third kappa shape index (κ3) is 2.15. The van der Waals surface area contributed by atoms with Crippen molar-refractivity contribution in [2.75, 3.05) is 11.4 Å². The lowest BCUT2D eigenvalue weighted by atomic mass is 10.1. The highest BCUT2D eigenvalue weighted by molar-refractivity contribution is 5.98. The molecule has 1 aliphatic rings. The first-order valence-corrected chi connectivity index (χ1v) is 5.56. The standard InChI is InChI=1S/C11H15N3O3/c1-7(2)14-6-9(4-12-14)13-5-8(11(16)17)3-10(13)15/h4,6-8H,3,5H2,1-2H3,(H,16,17). The predicted molar refractivity (Wildman–Crippen MR) is 60.7 cm³/mol. The van der Waals surface area contributed by atoms with E-state index in [0.29, 0.717) is 5.69 Å².